The van der Waals surface area contributed by atoms with Crippen LogP contribution in [0.4, 0.5) is 0 Å². The molecule has 0 aromatic rings. The number of rotatable bonds is 34. The van der Waals surface area contributed by atoms with Crippen LogP contribution in [0.3, 0.4) is 0 Å². The Labute approximate surface area is 348 Å². The van der Waals surface area contributed by atoms with Crippen LogP contribution in [0.5, 0.6) is 0 Å². The smallest absolute Gasteiger partial charge is 0.461 e. The number of phosphoric acid groups is 1. The van der Waals surface area contributed by atoms with Crippen LogP contribution in [-0.2, 0) is 32.7 Å². The predicted octanol–water partition coefficient (Wildman–Crippen LogP) is 8.43. The van der Waals surface area contributed by atoms with Crippen LogP contribution >= 0.6 is 7.82 Å². The van der Waals surface area contributed by atoms with E-state index in [0.29, 0.717) is 19.3 Å². The molecule has 1 rings (SSSR count). The molecule has 0 aromatic heterocycles. The summed E-state index contributed by atoms with van der Waals surface area (Å²) in [6, 6.07) is 0. The largest absolute Gasteiger partial charge is 0.472 e. The van der Waals surface area contributed by atoms with E-state index in [9.17, 15) is 34.4 Å². The number of carbonyl (C=O) groups excluding carboxylic acids is 2. The standard InChI is InChI=1S/C45H74NO11P/c1-3-5-7-8-9-10-11-12-13-14-15-16-17-18-19-20-21-22-24-30-45(51)57-39(37-56-58(52,53)55-34-33-46)36-54-44(50)29-26-25-28-40-41(43(49)35-42(40)48)32-31-38(47)27-23-6-4-2/h5,7,9-10,12-13,15-16,18-19,25-26,31-32,38-43,47-49H,3-4,6,8,11,14,17,20-24,27-30,33-37,46H2,1-2H3,(H,52,53)/b7-5-,10-9-,13-12-,16-15-,19-18-,26-25-,32-31+/t38-,39-,40+,41-,42+,43-/m1/s1. The fraction of sp³-hybridized carbons (Fsp3) is 0.644. The van der Waals surface area contributed by atoms with Gasteiger partial charge in [-0.25, -0.2) is 4.57 Å². The van der Waals surface area contributed by atoms with Gasteiger partial charge in [0.1, 0.15) is 6.61 Å². The zero-order valence-electron chi connectivity index (χ0n) is 35.1. The lowest BCUT2D eigenvalue weighted by molar-refractivity contribution is -0.160. The minimum atomic E-state index is -4.47. The maximum Gasteiger partial charge on any atom is 0.472 e. The molecule has 0 aliphatic heterocycles. The maximum absolute atomic E-state index is 12.6. The molecule has 13 heteroatoms. The summed E-state index contributed by atoms with van der Waals surface area (Å²) in [4.78, 5) is 35.1. The first-order valence-electron chi connectivity index (χ1n) is 21.3. The zero-order chi connectivity index (χ0) is 42.7. The van der Waals surface area contributed by atoms with Crippen LogP contribution in [0.25, 0.3) is 0 Å². The number of aliphatic hydroxyl groups excluding tert-OH is 3. The molecular formula is C45H74NO11P. The van der Waals surface area contributed by atoms with Crippen LogP contribution in [0.15, 0.2) is 85.1 Å². The van der Waals surface area contributed by atoms with Crippen molar-refractivity contribution in [3.8, 4) is 0 Å². The third-order valence-corrected chi connectivity index (χ3v) is 10.4. The summed E-state index contributed by atoms with van der Waals surface area (Å²) in [6.45, 7) is 3.07. The number of esters is 2. The quantitative estimate of drug-likeness (QED) is 0.0180. The molecule has 0 aromatic carbocycles. The number of hydrogen-bond donors (Lipinski definition) is 5. The van der Waals surface area contributed by atoms with Crippen molar-refractivity contribution in [2.75, 3.05) is 26.4 Å². The van der Waals surface area contributed by atoms with E-state index < -0.39 is 57.4 Å². The van der Waals surface area contributed by atoms with E-state index in [0.717, 1.165) is 70.6 Å². The van der Waals surface area contributed by atoms with Gasteiger partial charge in [-0.1, -0.05) is 125 Å². The number of allylic oxidation sites excluding steroid dienone is 11. The number of phosphoric ester groups is 1. The van der Waals surface area contributed by atoms with Gasteiger partial charge in [0.05, 0.1) is 37.9 Å². The van der Waals surface area contributed by atoms with Crippen molar-refractivity contribution in [2.24, 2.45) is 17.6 Å². The topological polar surface area (TPSA) is 195 Å². The number of unbranched alkanes of at least 4 members (excludes halogenated alkanes) is 5. The van der Waals surface area contributed by atoms with Crippen LogP contribution < -0.4 is 5.73 Å². The minimum Gasteiger partial charge on any atom is -0.461 e. The molecule has 0 spiro atoms. The third kappa shape index (κ3) is 28.5. The summed E-state index contributed by atoms with van der Waals surface area (Å²) in [7, 11) is -4.47. The predicted molar refractivity (Wildman–Crippen MR) is 230 cm³/mol. The number of ether oxygens (including phenoxy) is 2. The molecule has 0 amide bonds. The Morgan fingerprint density at radius 2 is 1.43 bits per heavy atom. The van der Waals surface area contributed by atoms with Gasteiger partial charge in [-0.15, -0.1) is 0 Å². The first-order chi connectivity index (χ1) is 28.0. The highest BCUT2D eigenvalue weighted by atomic mass is 31.2. The third-order valence-electron chi connectivity index (χ3n) is 9.37. The summed E-state index contributed by atoms with van der Waals surface area (Å²) < 4.78 is 32.7. The van der Waals surface area contributed by atoms with E-state index in [1.165, 1.54) is 0 Å². The summed E-state index contributed by atoms with van der Waals surface area (Å²) in [6.07, 6.45) is 37.5. The molecule has 6 N–H and O–H groups in total. The maximum atomic E-state index is 12.6. The highest BCUT2D eigenvalue weighted by molar-refractivity contribution is 7.47. The van der Waals surface area contributed by atoms with Crippen molar-refractivity contribution in [3.63, 3.8) is 0 Å². The van der Waals surface area contributed by atoms with Gasteiger partial charge in [-0.05, 0) is 70.1 Å². The second-order valence-corrected chi connectivity index (χ2v) is 15.9. The second kappa shape index (κ2) is 34.9. The Morgan fingerprint density at radius 1 is 0.776 bits per heavy atom. The van der Waals surface area contributed by atoms with Crippen LogP contribution in [0.2, 0.25) is 0 Å². The van der Waals surface area contributed by atoms with Gasteiger partial charge >= 0.3 is 19.8 Å². The van der Waals surface area contributed by atoms with Gasteiger partial charge in [0.15, 0.2) is 6.10 Å². The normalized spacial score (nSPS) is 21.2. The fourth-order valence-electron chi connectivity index (χ4n) is 6.16. The lowest BCUT2D eigenvalue weighted by atomic mass is 9.89. The first-order valence-corrected chi connectivity index (χ1v) is 22.8. The van der Waals surface area contributed by atoms with Gasteiger partial charge in [-0.2, -0.15) is 0 Å². The number of hydrogen-bond acceptors (Lipinski definition) is 11. The number of aliphatic hydroxyl groups is 3. The van der Waals surface area contributed by atoms with E-state index in [1.807, 2.05) is 0 Å². The van der Waals surface area contributed by atoms with Gasteiger partial charge < -0.3 is 35.4 Å². The van der Waals surface area contributed by atoms with E-state index in [4.69, 9.17) is 24.3 Å². The summed E-state index contributed by atoms with van der Waals surface area (Å²) in [5.41, 5.74) is 5.34. The molecule has 0 saturated heterocycles. The van der Waals surface area contributed by atoms with Crippen LogP contribution in [0, 0.1) is 11.8 Å². The van der Waals surface area contributed by atoms with E-state index in [2.05, 4.69) is 74.6 Å². The minimum absolute atomic E-state index is 0.00156. The zero-order valence-corrected chi connectivity index (χ0v) is 36.0. The van der Waals surface area contributed by atoms with Gasteiger partial charge in [0.2, 0.25) is 0 Å². The molecule has 1 fully saturated rings. The molecule has 1 aliphatic carbocycles. The average Bonchev–Trinajstić information content (AvgIpc) is 3.47. The number of carbonyl (C=O) groups is 2. The lowest BCUT2D eigenvalue weighted by Crippen LogP contribution is -2.29. The summed E-state index contributed by atoms with van der Waals surface area (Å²) in [5.74, 6) is -1.79. The van der Waals surface area contributed by atoms with Crippen molar-refractivity contribution in [1.29, 1.82) is 0 Å². The second-order valence-electron chi connectivity index (χ2n) is 14.5. The Balaban J connectivity index is 2.48. The fourth-order valence-corrected chi connectivity index (χ4v) is 6.93. The molecule has 0 bridgehead atoms. The van der Waals surface area contributed by atoms with Crippen molar-refractivity contribution >= 4 is 19.8 Å². The Kier molecular flexibility index (Phi) is 31.9. The first kappa shape index (κ1) is 53.1. The lowest BCUT2D eigenvalue weighted by Gasteiger charge is -2.20. The van der Waals surface area contributed by atoms with Crippen molar-refractivity contribution in [3.05, 3.63) is 85.1 Å². The molecule has 12 nitrogen and oxygen atoms in total. The molecule has 1 saturated carbocycles. The van der Waals surface area contributed by atoms with Crippen LogP contribution in [-0.4, -0.2) is 82.9 Å². The van der Waals surface area contributed by atoms with Gasteiger partial charge in [-0.3, -0.25) is 18.6 Å². The molecule has 7 atom stereocenters. The van der Waals surface area contributed by atoms with Crippen molar-refractivity contribution in [2.45, 2.75) is 147 Å². The highest BCUT2D eigenvalue weighted by Gasteiger charge is 2.39. The molecule has 330 valence electrons. The molecule has 1 unspecified atom stereocenters. The number of nitrogens with two attached hydrogens (primary N) is 1. The Hall–Kier alpha value is -2.93. The molecule has 0 radical (unpaired) electrons. The van der Waals surface area contributed by atoms with E-state index >= 15 is 0 Å². The average molecular weight is 836 g/mol. The van der Waals surface area contributed by atoms with E-state index in [1.54, 1.807) is 24.3 Å². The Bertz CT molecular complexity index is 1340. The SMILES string of the molecule is CC/C=C\C/C=C\C/C=C\C/C=C\C/C=C\CCCCCC(=O)O[C@H](COC(=O)C/C=C\C[C@H]1[C@@H](/C=C/[C@H](O)CCCCC)[C@H](O)C[C@@H]1O)COP(=O)(O)OCCN. The molecular weight excluding hydrogens is 761 g/mol. The highest BCUT2D eigenvalue weighted by Crippen LogP contribution is 2.43. The van der Waals surface area contributed by atoms with Crippen LogP contribution in [0.1, 0.15) is 123 Å². The van der Waals surface area contributed by atoms with E-state index in [-0.39, 0.29) is 44.2 Å². The van der Waals surface area contributed by atoms with Crippen molar-refractivity contribution < 1.29 is 52.9 Å². The Morgan fingerprint density at radius 3 is 2.07 bits per heavy atom. The summed E-state index contributed by atoms with van der Waals surface area (Å²) in [5, 5.41) is 31.3. The summed E-state index contributed by atoms with van der Waals surface area (Å²) >= 11 is 0. The molecule has 58 heavy (non-hydrogen) atoms. The molecule has 1 aliphatic rings. The van der Waals surface area contributed by atoms with Gasteiger partial charge in [0, 0.05) is 25.3 Å². The van der Waals surface area contributed by atoms with Crippen molar-refractivity contribution in [1.82, 2.24) is 0 Å². The van der Waals surface area contributed by atoms with Gasteiger partial charge in [0.25, 0.3) is 0 Å². The monoisotopic (exact) mass is 835 g/mol. The molecule has 0 heterocycles.